The van der Waals surface area contributed by atoms with Gasteiger partial charge in [0.05, 0.1) is 17.4 Å². The van der Waals surface area contributed by atoms with Crippen molar-refractivity contribution in [2.45, 2.75) is 26.8 Å². The van der Waals surface area contributed by atoms with Crippen LogP contribution in [0.25, 0.3) is 0 Å². The summed E-state index contributed by atoms with van der Waals surface area (Å²) >= 11 is 1.35. The molecule has 0 bridgehead atoms. The van der Waals surface area contributed by atoms with Gasteiger partial charge in [-0.05, 0) is 20.8 Å². The largest absolute Gasteiger partial charge is 0.322 e. The topological polar surface area (TPSA) is 107 Å². The highest BCUT2D eigenvalue weighted by Crippen LogP contribution is 2.16. The van der Waals surface area contributed by atoms with Crippen molar-refractivity contribution < 1.29 is 4.79 Å². The van der Waals surface area contributed by atoms with Crippen LogP contribution in [0.4, 0.5) is 5.95 Å². The van der Waals surface area contributed by atoms with Crippen LogP contribution in [-0.4, -0.2) is 26.1 Å². The van der Waals surface area contributed by atoms with Gasteiger partial charge in [0.25, 0.3) is 5.91 Å². The number of amides is 1. The maximum atomic E-state index is 11.9. The molecule has 19 heavy (non-hydrogen) atoms. The fourth-order valence-corrected chi connectivity index (χ4v) is 2.03. The minimum atomic E-state index is -0.367. The summed E-state index contributed by atoms with van der Waals surface area (Å²) in [6.07, 6.45) is 0. The first-order chi connectivity index (χ1) is 8.97. The molecule has 7 nitrogen and oxygen atoms in total. The Morgan fingerprint density at radius 1 is 1.32 bits per heavy atom. The van der Waals surface area contributed by atoms with Crippen molar-refractivity contribution in [1.29, 1.82) is 0 Å². The molecule has 0 fully saturated rings. The fraction of sp³-hybridized carbons (Fsp3) is 0.364. The van der Waals surface area contributed by atoms with Gasteiger partial charge < -0.3 is 5.73 Å². The Kier molecular flexibility index (Phi) is 3.82. The van der Waals surface area contributed by atoms with E-state index in [1.54, 1.807) is 19.2 Å². The number of carbonyl (C=O) groups is 1. The molecule has 0 radical (unpaired) electrons. The lowest BCUT2D eigenvalue weighted by molar-refractivity contribution is 0.102. The zero-order valence-electron chi connectivity index (χ0n) is 10.8. The molecular formula is C11H14N6OS. The van der Waals surface area contributed by atoms with Crippen molar-refractivity contribution in [3.63, 3.8) is 0 Å². The first-order valence-corrected chi connectivity index (χ1v) is 6.55. The first-order valence-electron chi connectivity index (χ1n) is 5.67. The SMILES string of the molecule is Cc1nnc(NC(=O)c2csc(C(C)N)n2)nc1C. The summed E-state index contributed by atoms with van der Waals surface area (Å²) in [5, 5.41) is 12.6. The normalized spacial score (nSPS) is 12.2. The summed E-state index contributed by atoms with van der Waals surface area (Å²) < 4.78 is 0. The van der Waals surface area contributed by atoms with Crippen molar-refractivity contribution in [2.24, 2.45) is 5.73 Å². The van der Waals surface area contributed by atoms with Gasteiger partial charge in [-0.2, -0.15) is 5.10 Å². The van der Waals surface area contributed by atoms with Crippen LogP contribution >= 0.6 is 11.3 Å². The summed E-state index contributed by atoms with van der Waals surface area (Å²) in [4.78, 5) is 20.2. The number of nitrogens with two attached hydrogens (primary N) is 1. The van der Waals surface area contributed by atoms with E-state index >= 15 is 0 Å². The smallest absolute Gasteiger partial charge is 0.277 e. The second-order valence-corrected chi connectivity index (χ2v) is 5.01. The molecule has 3 N–H and O–H groups in total. The first kappa shape index (κ1) is 13.5. The molecule has 2 aromatic heterocycles. The van der Waals surface area contributed by atoms with E-state index in [9.17, 15) is 4.79 Å². The van der Waals surface area contributed by atoms with Crippen LogP contribution in [-0.2, 0) is 0 Å². The second kappa shape index (κ2) is 5.37. The Morgan fingerprint density at radius 3 is 2.63 bits per heavy atom. The molecule has 0 aliphatic heterocycles. The van der Waals surface area contributed by atoms with Gasteiger partial charge in [0.1, 0.15) is 10.7 Å². The van der Waals surface area contributed by atoms with E-state index in [1.807, 2.05) is 6.92 Å². The van der Waals surface area contributed by atoms with Crippen molar-refractivity contribution >= 4 is 23.2 Å². The average molecular weight is 278 g/mol. The van der Waals surface area contributed by atoms with Crippen molar-refractivity contribution in [1.82, 2.24) is 20.2 Å². The van der Waals surface area contributed by atoms with Crippen LogP contribution in [0.1, 0.15) is 39.8 Å². The molecule has 100 valence electrons. The van der Waals surface area contributed by atoms with Crippen LogP contribution in [0, 0.1) is 13.8 Å². The van der Waals surface area contributed by atoms with Crippen LogP contribution in [0.15, 0.2) is 5.38 Å². The quantitative estimate of drug-likeness (QED) is 0.874. The lowest BCUT2D eigenvalue weighted by Gasteiger charge is -2.03. The number of carbonyl (C=O) groups excluding carboxylic acids is 1. The van der Waals surface area contributed by atoms with Gasteiger partial charge in [-0.25, -0.2) is 9.97 Å². The summed E-state index contributed by atoms with van der Waals surface area (Å²) in [6, 6.07) is -0.189. The van der Waals surface area contributed by atoms with Crippen LogP contribution < -0.4 is 11.1 Å². The third-order valence-corrected chi connectivity index (χ3v) is 3.51. The van der Waals surface area contributed by atoms with Gasteiger partial charge in [0.2, 0.25) is 5.95 Å². The highest BCUT2D eigenvalue weighted by molar-refractivity contribution is 7.09. The molecule has 0 aliphatic rings. The fourth-order valence-electron chi connectivity index (χ4n) is 1.28. The minimum absolute atomic E-state index is 0.170. The predicted molar refractivity (Wildman–Crippen MR) is 72.0 cm³/mol. The number of hydrogen-bond acceptors (Lipinski definition) is 7. The van der Waals surface area contributed by atoms with Crippen molar-refractivity contribution in [2.75, 3.05) is 5.32 Å². The number of aryl methyl sites for hydroxylation is 2. The van der Waals surface area contributed by atoms with Gasteiger partial charge in [-0.15, -0.1) is 16.4 Å². The molecule has 0 saturated carbocycles. The van der Waals surface area contributed by atoms with Crippen molar-refractivity contribution in [3.8, 4) is 0 Å². The zero-order valence-corrected chi connectivity index (χ0v) is 11.7. The third kappa shape index (κ3) is 3.09. The molecule has 1 atom stereocenters. The van der Waals surface area contributed by atoms with Gasteiger partial charge in [-0.3, -0.25) is 10.1 Å². The molecule has 2 rings (SSSR count). The van der Waals surface area contributed by atoms with E-state index in [-0.39, 0.29) is 17.9 Å². The molecule has 1 unspecified atom stereocenters. The molecule has 0 saturated heterocycles. The van der Waals surface area contributed by atoms with E-state index in [0.717, 1.165) is 11.4 Å². The maximum Gasteiger partial charge on any atom is 0.277 e. The zero-order chi connectivity index (χ0) is 14.0. The van der Waals surface area contributed by atoms with E-state index in [1.165, 1.54) is 11.3 Å². The standard InChI is InChI=1S/C11H14N6OS/c1-5(12)10-14-8(4-19-10)9(18)15-11-13-6(2)7(3)16-17-11/h4-5H,12H2,1-3H3,(H,13,15,17,18). The predicted octanol–water partition coefficient (Wildman–Crippen LogP) is 1.22. The van der Waals surface area contributed by atoms with Gasteiger partial charge >= 0.3 is 0 Å². The molecule has 0 spiro atoms. The molecule has 2 aromatic rings. The molecule has 2 heterocycles. The summed E-state index contributed by atoms with van der Waals surface area (Å²) in [6.45, 7) is 5.42. The lowest BCUT2D eigenvalue weighted by Crippen LogP contribution is -2.16. The third-order valence-electron chi connectivity index (χ3n) is 2.46. The Bertz CT molecular complexity index is 609. The maximum absolute atomic E-state index is 11.9. The molecule has 0 aliphatic carbocycles. The number of aromatic nitrogens is 4. The van der Waals surface area contributed by atoms with Crippen LogP contribution in [0.5, 0.6) is 0 Å². The number of thiazole rings is 1. The molecular weight excluding hydrogens is 264 g/mol. The average Bonchev–Trinajstić information content (AvgIpc) is 2.83. The van der Waals surface area contributed by atoms with Crippen molar-refractivity contribution in [3.05, 3.63) is 27.5 Å². The van der Waals surface area contributed by atoms with Crippen LogP contribution in [0.2, 0.25) is 0 Å². The molecule has 0 aromatic carbocycles. The van der Waals surface area contributed by atoms with E-state index < -0.39 is 0 Å². The molecule has 8 heteroatoms. The van der Waals surface area contributed by atoms with Gasteiger partial charge in [0.15, 0.2) is 0 Å². The monoisotopic (exact) mass is 278 g/mol. The molecule has 1 amide bonds. The van der Waals surface area contributed by atoms with Crippen LogP contribution in [0.3, 0.4) is 0 Å². The summed E-state index contributed by atoms with van der Waals surface area (Å²) in [5.74, 6) is -0.198. The summed E-state index contributed by atoms with van der Waals surface area (Å²) in [5.41, 5.74) is 7.45. The Labute approximate surface area is 114 Å². The minimum Gasteiger partial charge on any atom is -0.322 e. The number of hydrogen-bond donors (Lipinski definition) is 2. The van der Waals surface area contributed by atoms with E-state index in [4.69, 9.17) is 5.73 Å². The second-order valence-electron chi connectivity index (χ2n) is 4.12. The number of nitrogens with zero attached hydrogens (tertiary/aromatic N) is 4. The number of anilines is 1. The number of nitrogens with one attached hydrogen (secondary N) is 1. The Morgan fingerprint density at radius 2 is 2.05 bits per heavy atom. The van der Waals surface area contributed by atoms with Gasteiger partial charge in [-0.1, -0.05) is 0 Å². The van der Waals surface area contributed by atoms with Gasteiger partial charge in [0, 0.05) is 5.38 Å². The van der Waals surface area contributed by atoms with E-state index in [0.29, 0.717) is 10.7 Å². The van der Waals surface area contributed by atoms with E-state index in [2.05, 4.69) is 25.5 Å². The number of rotatable bonds is 3. The highest BCUT2D eigenvalue weighted by atomic mass is 32.1. The Balaban J connectivity index is 2.13. The Hall–Kier alpha value is -1.93. The highest BCUT2D eigenvalue weighted by Gasteiger charge is 2.14. The summed E-state index contributed by atoms with van der Waals surface area (Å²) in [7, 11) is 0. The lowest BCUT2D eigenvalue weighted by atomic mass is 10.4.